The fourth-order valence-electron chi connectivity index (χ4n) is 2.59. The zero-order chi connectivity index (χ0) is 18.8. The van der Waals surface area contributed by atoms with Crippen molar-refractivity contribution in [2.24, 2.45) is 0 Å². The van der Waals surface area contributed by atoms with Gasteiger partial charge in [0.2, 0.25) is 0 Å². The fourth-order valence-corrected chi connectivity index (χ4v) is 3.20. The van der Waals surface area contributed by atoms with Crippen LogP contribution in [0, 0.1) is 5.82 Å². The Hall–Kier alpha value is -1.64. The van der Waals surface area contributed by atoms with E-state index in [0.29, 0.717) is 38.6 Å². The first kappa shape index (κ1) is 19.1. The van der Waals surface area contributed by atoms with Crippen molar-refractivity contribution in [1.29, 1.82) is 0 Å². The van der Waals surface area contributed by atoms with Crippen LogP contribution in [0.1, 0.15) is 17.8 Å². The SMILES string of the molecule is O=C(O)C(S)CCc1nc2ccc(Cl)nc2n1Cc1ccc(Br)cc1F. The summed E-state index contributed by atoms with van der Waals surface area (Å²) in [6.45, 7) is 0.211. The molecule has 0 amide bonds. The molecule has 0 bridgehead atoms. The van der Waals surface area contributed by atoms with Crippen molar-refractivity contribution in [2.45, 2.75) is 24.6 Å². The maximum absolute atomic E-state index is 14.3. The van der Waals surface area contributed by atoms with E-state index >= 15 is 0 Å². The molecule has 0 radical (unpaired) electrons. The first-order valence-electron chi connectivity index (χ1n) is 7.71. The highest BCUT2D eigenvalue weighted by Crippen LogP contribution is 2.23. The molecule has 1 atom stereocenters. The van der Waals surface area contributed by atoms with Crippen LogP contribution in [-0.4, -0.2) is 30.9 Å². The summed E-state index contributed by atoms with van der Waals surface area (Å²) in [6.07, 6.45) is 0.658. The van der Waals surface area contributed by atoms with E-state index in [9.17, 15) is 9.18 Å². The molecule has 2 heterocycles. The van der Waals surface area contributed by atoms with Crippen molar-refractivity contribution in [1.82, 2.24) is 14.5 Å². The lowest BCUT2D eigenvalue weighted by Gasteiger charge is -2.11. The van der Waals surface area contributed by atoms with Crippen LogP contribution in [0.25, 0.3) is 11.2 Å². The van der Waals surface area contributed by atoms with Crippen LogP contribution in [0.15, 0.2) is 34.8 Å². The van der Waals surface area contributed by atoms with Gasteiger partial charge in [-0.2, -0.15) is 12.6 Å². The smallest absolute Gasteiger partial charge is 0.316 e. The van der Waals surface area contributed by atoms with E-state index in [0.717, 1.165) is 0 Å². The van der Waals surface area contributed by atoms with Gasteiger partial charge < -0.3 is 9.67 Å². The van der Waals surface area contributed by atoms with Gasteiger partial charge in [-0.3, -0.25) is 4.79 Å². The van der Waals surface area contributed by atoms with Crippen molar-refractivity contribution < 1.29 is 14.3 Å². The lowest BCUT2D eigenvalue weighted by Crippen LogP contribution is -2.16. The summed E-state index contributed by atoms with van der Waals surface area (Å²) in [6, 6.07) is 8.19. The van der Waals surface area contributed by atoms with Crippen molar-refractivity contribution in [3.8, 4) is 0 Å². The van der Waals surface area contributed by atoms with Crippen LogP contribution in [0.2, 0.25) is 5.15 Å². The van der Waals surface area contributed by atoms with Crippen molar-refractivity contribution in [2.75, 3.05) is 0 Å². The van der Waals surface area contributed by atoms with Crippen LogP contribution in [0.5, 0.6) is 0 Å². The minimum Gasteiger partial charge on any atom is -0.480 e. The second-order valence-electron chi connectivity index (χ2n) is 5.72. The van der Waals surface area contributed by atoms with E-state index in [1.54, 1.807) is 28.8 Å². The number of aryl methyl sites for hydroxylation is 1. The van der Waals surface area contributed by atoms with Crippen molar-refractivity contribution in [3.63, 3.8) is 0 Å². The Bertz CT molecular complexity index is 982. The molecule has 26 heavy (non-hydrogen) atoms. The summed E-state index contributed by atoms with van der Waals surface area (Å²) in [7, 11) is 0. The van der Waals surface area contributed by atoms with E-state index in [2.05, 4.69) is 38.5 Å². The molecule has 1 aromatic carbocycles. The van der Waals surface area contributed by atoms with Gasteiger partial charge in [-0.1, -0.05) is 33.6 Å². The molecule has 0 aliphatic carbocycles. The van der Waals surface area contributed by atoms with Gasteiger partial charge >= 0.3 is 5.97 Å². The molecule has 3 aromatic rings. The third-order valence-corrected chi connectivity index (χ3v) is 5.09. The summed E-state index contributed by atoms with van der Waals surface area (Å²) in [5.41, 5.74) is 1.62. The van der Waals surface area contributed by atoms with Gasteiger partial charge in [0.15, 0.2) is 5.65 Å². The van der Waals surface area contributed by atoms with Gasteiger partial charge in [-0.05, 0) is 30.7 Å². The fraction of sp³-hybridized carbons (Fsp3) is 0.235. The third kappa shape index (κ3) is 4.19. The van der Waals surface area contributed by atoms with Crippen LogP contribution in [0.4, 0.5) is 4.39 Å². The Labute approximate surface area is 167 Å². The van der Waals surface area contributed by atoms with Gasteiger partial charge in [0.05, 0.1) is 11.8 Å². The maximum Gasteiger partial charge on any atom is 0.316 e. The number of fused-ring (bicyclic) bond motifs is 1. The number of nitrogens with zero attached hydrogens (tertiary/aromatic N) is 3. The van der Waals surface area contributed by atoms with Gasteiger partial charge in [0.25, 0.3) is 0 Å². The van der Waals surface area contributed by atoms with Gasteiger partial charge in [-0.25, -0.2) is 14.4 Å². The summed E-state index contributed by atoms with van der Waals surface area (Å²) in [5.74, 6) is -0.736. The Morgan fingerprint density at radius 3 is 2.81 bits per heavy atom. The molecule has 0 aliphatic heterocycles. The Balaban J connectivity index is 2.01. The highest BCUT2D eigenvalue weighted by atomic mass is 79.9. The summed E-state index contributed by atoms with van der Waals surface area (Å²) < 4.78 is 16.7. The standard InChI is InChI=1S/C17H14BrClFN3O2S/c18-10-2-1-9(11(20)7-10)8-23-15(6-4-13(26)17(24)25)21-12-3-5-14(19)22-16(12)23/h1-3,5,7,13,26H,4,6,8H2,(H,24,25). The number of aromatic nitrogens is 3. The monoisotopic (exact) mass is 457 g/mol. The predicted octanol–water partition coefficient (Wildman–Crippen LogP) is 4.35. The minimum absolute atomic E-state index is 0.211. The molecule has 0 spiro atoms. The third-order valence-electron chi connectivity index (χ3n) is 3.91. The molecular weight excluding hydrogens is 445 g/mol. The number of benzene rings is 1. The maximum atomic E-state index is 14.3. The van der Waals surface area contributed by atoms with Crippen LogP contribution in [-0.2, 0) is 17.8 Å². The topological polar surface area (TPSA) is 68.0 Å². The number of hydrogen-bond donors (Lipinski definition) is 2. The highest BCUT2D eigenvalue weighted by molar-refractivity contribution is 9.10. The molecule has 0 aliphatic rings. The second-order valence-corrected chi connectivity index (χ2v) is 7.65. The quantitative estimate of drug-likeness (QED) is 0.426. The zero-order valence-corrected chi connectivity index (χ0v) is 16.6. The van der Waals surface area contributed by atoms with Crippen molar-refractivity contribution in [3.05, 3.63) is 57.2 Å². The Morgan fingerprint density at radius 1 is 1.35 bits per heavy atom. The molecular formula is C17H14BrClFN3O2S. The molecule has 5 nitrogen and oxygen atoms in total. The number of hydrogen-bond acceptors (Lipinski definition) is 4. The number of imidazole rings is 1. The first-order valence-corrected chi connectivity index (χ1v) is 9.40. The Kier molecular flexibility index (Phi) is 5.84. The number of halogens is 3. The normalized spacial score (nSPS) is 12.5. The van der Waals surface area contributed by atoms with Gasteiger partial charge in [0.1, 0.15) is 22.3 Å². The zero-order valence-electron chi connectivity index (χ0n) is 13.4. The minimum atomic E-state index is -0.990. The number of aliphatic carboxylic acids is 1. The number of rotatable bonds is 6. The number of thiol groups is 1. The average molecular weight is 459 g/mol. The summed E-state index contributed by atoms with van der Waals surface area (Å²) in [5, 5.41) is 8.52. The van der Waals surface area contributed by atoms with Gasteiger partial charge in [0, 0.05) is 16.5 Å². The highest BCUT2D eigenvalue weighted by Gasteiger charge is 2.18. The molecule has 3 rings (SSSR count). The number of carboxylic acid groups (broad SMARTS) is 1. The molecule has 0 fully saturated rings. The number of carboxylic acids is 1. The number of carbonyl (C=O) groups is 1. The summed E-state index contributed by atoms with van der Waals surface area (Å²) >= 11 is 13.3. The first-order chi connectivity index (χ1) is 12.3. The molecule has 2 aromatic heterocycles. The molecule has 0 saturated carbocycles. The lowest BCUT2D eigenvalue weighted by atomic mass is 10.2. The van der Waals surface area contributed by atoms with Crippen LogP contribution in [0.3, 0.4) is 0 Å². The lowest BCUT2D eigenvalue weighted by molar-refractivity contribution is -0.136. The van der Waals surface area contributed by atoms with Crippen LogP contribution < -0.4 is 0 Å². The van der Waals surface area contributed by atoms with E-state index in [4.69, 9.17) is 16.7 Å². The number of pyridine rings is 1. The predicted molar refractivity (Wildman–Crippen MR) is 104 cm³/mol. The van der Waals surface area contributed by atoms with E-state index in [1.807, 2.05) is 0 Å². The van der Waals surface area contributed by atoms with Crippen LogP contribution >= 0.6 is 40.2 Å². The molecule has 9 heteroatoms. The average Bonchev–Trinajstić information content (AvgIpc) is 2.92. The molecule has 136 valence electrons. The molecule has 0 saturated heterocycles. The van der Waals surface area contributed by atoms with Gasteiger partial charge in [-0.15, -0.1) is 0 Å². The van der Waals surface area contributed by atoms with E-state index in [-0.39, 0.29) is 18.8 Å². The second kappa shape index (κ2) is 7.94. The van der Waals surface area contributed by atoms with E-state index in [1.165, 1.54) is 6.07 Å². The van der Waals surface area contributed by atoms with E-state index < -0.39 is 11.2 Å². The largest absolute Gasteiger partial charge is 0.480 e. The summed E-state index contributed by atoms with van der Waals surface area (Å²) in [4.78, 5) is 19.8. The Morgan fingerprint density at radius 2 is 2.12 bits per heavy atom. The molecule has 1 unspecified atom stereocenters. The van der Waals surface area contributed by atoms with Crippen molar-refractivity contribution >= 4 is 57.3 Å². The molecule has 1 N–H and O–H groups in total.